The molecule has 7 nitrogen and oxygen atoms in total. The second-order valence-corrected chi connectivity index (χ2v) is 7.33. The lowest BCUT2D eigenvalue weighted by molar-refractivity contribution is -0.134. The van der Waals surface area contributed by atoms with Gasteiger partial charge in [-0.05, 0) is 23.1 Å². The molecule has 0 bridgehead atoms. The summed E-state index contributed by atoms with van der Waals surface area (Å²) in [5.74, 6) is -2.55. The maximum Gasteiger partial charge on any atom is 0.335 e. The first-order valence-electron chi connectivity index (χ1n) is 8.55. The van der Waals surface area contributed by atoms with Crippen LogP contribution in [-0.2, 0) is 19.7 Å². The van der Waals surface area contributed by atoms with Crippen LogP contribution in [0.4, 0.5) is 0 Å². The summed E-state index contributed by atoms with van der Waals surface area (Å²) in [6.07, 6.45) is 3.45. The zero-order valence-corrected chi connectivity index (χ0v) is 16.4. The number of carboxylic acids is 2. The van der Waals surface area contributed by atoms with Crippen LogP contribution in [0.15, 0.2) is 95.4 Å². The van der Waals surface area contributed by atoms with Crippen molar-refractivity contribution in [1.29, 1.82) is 0 Å². The van der Waals surface area contributed by atoms with Gasteiger partial charge in [-0.2, -0.15) is 8.42 Å². The van der Waals surface area contributed by atoms with Crippen LogP contribution >= 0.6 is 0 Å². The Bertz CT molecular complexity index is 1210. The fourth-order valence-electron chi connectivity index (χ4n) is 2.48. The molecular formula is C22H18O7S. The van der Waals surface area contributed by atoms with Gasteiger partial charge in [0.15, 0.2) is 0 Å². The normalized spacial score (nSPS) is 11.7. The number of carbonyl (C=O) groups is 2. The Morgan fingerprint density at radius 2 is 1.40 bits per heavy atom. The van der Waals surface area contributed by atoms with Crippen LogP contribution in [0, 0.1) is 0 Å². The molecule has 0 spiro atoms. The molecule has 0 radical (unpaired) electrons. The van der Waals surface area contributed by atoms with Crippen molar-refractivity contribution in [1.82, 2.24) is 0 Å². The predicted octanol–water partition coefficient (Wildman–Crippen LogP) is 3.88. The zero-order chi connectivity index (χ0) is 22.1. The topological polar surface area (TPSA) is 129 Å². The second kappa shape index (κ2) is 10.1. The third kappa shape index (κ3) is 6.69. The molecule has 0 fully saturated rings. The highest BCUT2D eigenvalue weighted by molar-refractivity contribution is 7.86. The number of hydrogen-bond acceptors (Lipinski definition) is 4. The molecule has 0 amide bonds. The molecule has 0 saturated carbocycles. The van der Waals surface area contributed by atoms with E-state index in [2.05, 4.69) is 0 Å². The Kier molecular flexibility index (Phi) is 7.62. The average Bonchev–Trinajstić information content (AvgIpc) is 2.71. The second-order valence-electron chi connectivity index (χ2n) is 5.94. The van der Waals surface area contributed by atoms with Crippen LogP contribution in [0.2, 0.25) is 0 Å². The van der Waals surface area contributed by atoms with Gasteiger partial charge in [-0.15, -0.1) is 0 Å². The first-order chi connectivity index (χ1) is 14.2. The summed E-state index contributed by atoms with van der Waals surface area (Å²) in [4.78, 5) is 21.0. The van der Waals surface area contributed by atoms with Crippen molar-refractivity contribution in [3.63, 3.8) is 0 Å². The quantitative estimate of drug-likeness (QED) is 0.321. The third-order valence-corrected chi connectivity index (χ3v) is 4.72. The van der Waals surface area contributed by atoms with Crippen molar-refractivity contribution in [2.45, 2.75) is 4.90 Å². The maximum atomic E-state index is 11.0. The average molecular weight is 426 g/mol. The van der Waals surface area contributed by atoms with E-state index >= 15 is 0 Å². The SMILES string of the molecule is O=C(O)/C=C(/C=Cc1ccccc1)C(=O)O.O=S(=O)(O)c1cccc2ccccc12. The van der Waals surface area contributed by atoms with Gasteiger partial charge in [-0.25, -0.2) is 9.59 Å². The molecule has 0 aliphatic heterocycles. The van der Waals surface area contributed by atoms with E-state index in [4.69, 9.17) is 14.8 Å². The van der Waals surface area contributed by atoms with Gasteiger partial charge in [0.2, 0.25) is 0 Å². The van der Waals surface area contributed by atoms with E-state index in [1.807, 2.05) is 12.1 Å². The molecule has 3 rings (SSSR count). The zero-order valence-electron chi connectivity index (χ0n) is 15.5. The molecule has 154 valence electrons. The van der Waals surface area contributed by atoms with Gasteiger partial charge >= 0.3 is 11.9 Å². The van der Waals surface area contributed by atoms with Crippen LogP contribution in [0.1, 0.15) is 5.56 Å². The molecule has 8 heteroatoms. The summed E-state index contributed by atoms with van der Waals surface area (Å²) >= 11 is 0. The van der Waals surface area contributed by atoms with E-state index in [0.29, 0.717) is 11.5 Å². The number of aliphatic carboxylic acids is 2. The summed E-state index contributed by atoms with van der Waals surface area (Å²) in [5.41, 5.74) is 0.538. The van der Waals surface area contributed by atoms with E-state index in [0.717, 1.165) is 10.9 Å². The highest BCUT2D eigenvalue weighted by Gasteiger charge is 2.12. The molecule has 0 saturated heterocycles. The number of fused-ring (bicyclic) bond motifs is 1. The van der Waals surface area contributed by atoms with E-state index < -0.39 is 22.1 Å². The molecule has 30 heavy (non-hydrogen) atoms. The monoisotopic (exact) mass is 426 g/mol. The van der Waals surface area contributed by atoms with Crippen molar-refractivity contribution in [2.24, 2.45) is 0 Å². The highest BCUT2D eigenvalue weighted by atomic mass is 32.2. The Hall–Kier alpha value is -3.75. The Labute approximate surface area is 173 Å². The first-order valence-corrected chi connectivity index (χ1v) is 9.99. The van der Waals surface area contributed by atoms with E-state index in [1.54, 1.807) is 60.7 Å². The largest absolute Gasteiger partial charge is 0.478 e. The van der Waals surface area contributed by atoms with Crippen LogP contribution < -0.4 is 0 Å². The minimum atomic E-state index is -4.13. The maximum absolute atomic E-state index is 11.0. The summed E-state index contributed by atoms with van der Waals surface area (Å²) in [6, 6.07) is 20.8. The third-order valence-electron chi connectivity index (χ3n) is 3.81. The summed E-state index contributed by atoms with van der Waals surface area (Å²) in [6.45, 7) is 0. The van der Waals surface area contributed by atoms with Crippen LogP contribution in [0.5, 0.6) is 0 Å². The molecule has 0 atom stereocenters. The number of benzene rings is 3. The van der Waals surface area contributed by atoms with Gasteiger partial charge in [-0.1, -0.05) is 72.8 Å². The van der Waals surface area contributed by atoms with Crippen molar-refractivity contribution in [3.05, 3.63) is 96.1 Å². The Morgan fingerprint density at radius 3 is 2.00 bits per heavy atom. The molecule has 0 aromatic heterocycles. The lowest BCUT2D eigenvalue weighted by Crippen LogP contribution is -2.01. The van der Waals surface area contributed by atoms with Gasteiger partial charge in [0.05, 0.1) is 5.57 Å². The molecule has 0 aliphatic carbocycles. The molecule has 3 aromatic carbocycles. The summed E-state index contributed by atoms with van der Waals surface area (Å²) in [7, 11) is -4.13. The minimum Gasteiger partial charge on any atom is -0.478 e. The number of hydrogen-bond donors (Lipinski definition) is 3. The van der Waals surface area contributed by atoms with Crippen LogP contribution in [0.25, 0.3) is 16.8 Å². The van der Waals surface area contributed by atoms with Gasteiger partial charge in [0.1, 0.15) is 4.90 Å². The van der Waals surface area contributed by atoms with Crippen molar-refractivity contribution >= 4 is 38.9 Å². The smallest absolute Gasteiger partial charge is 0.335 e. The fourth-order valence-corrected chi connectivity index (χ4v) is 3.20. The van der Waals surface area contributed by atoms with Crippen LogP contribution in [0.3, 0.4) is 0 Å². The van der Waals surface area contributed by atoms with Crippen molar-refractivity contribution in [2.75, 3.05) is 0 Å². The number of rotatable bonds is 5. The van der Waals surface area contributed by atoms with E-state index in [1.165, 1.54) is 12.1 Å². The lowest BCUT2D eigenvalue weighted by Gasteiger charge is -2.02. The molecule has 0 aliphatic rings. The van der Waals surface area contributed by atoms with Gasteiger partial charge in [0.25, 0.3) is 10.1 Å². The predicted molar refractivity (Wildman–Crippen MR) is 113 cm³/mol. The lowest BCUT2D eigenvalue weighted by atomic mass is 10.1. The summed E-state index contributed by atoms with van der Waals surface area (Å²) < 4.78 is 31.0. The standard InChI is InChI=1S/C12H10O4.C10H8O3S/c13-11(14)8-10(12(15)16)7-6-9-4-2-1-3-5-9;11-14(12,13)10-7-3-5-8-4-1-2-6-9(8)10/h1-8H,(H,13,14)(H,15,16);1-7H,(H,11,12,13)/b7-6?,10-8-;. The molecule has 3 aromatic rings. The molecule has 3 N–H and O–H groups in total. The Morgan fingerprint density at radius 1 is 0.800 bits per heavy atom. The molecule has 0 unspecified atom stereocenters. The minimum absolute atomic E-state index is 0.0457. The van der Waals surface area contributed by atoms with E-state index in [-0.39, 0.29) is 10.5 Å². The summed E-state index contributed by atoms with van der Waals surface area (Å²) in [5, 5.41) is 18.5. The van der Waals surface area contributed by atoms with Crippen molar-refractivity contribution < 1.29 is 32.8 Å². The Balaban J connectivity index is 0.000000215. The fraction of sp³-hybridized carbons (Fsp3) is 0. The first kappa shape index (κ1) is 22.5. The van der Waals surface area contributed by atoms with E-state index in [9.17, 15) is 18.0 Å². The molecule has 0 heterocycles. The van der Waals surface area contributed by atoms with Gasteiger partial charge < -0.3 is 10.2 Å². The molecular weight excluding hydrogens is 408 g/mol. The highest BCUT2D eigenvalue weighted by Crippen LogP contribution is 2.22. The number of carboxylic acid groups (broad SMARTS) is 2. The van der Waals surface area contributed by atoms with Gasteiger partial charge in [-0.3, -0.25) is 4.55 Å². The van der Waals surface area contributed by atoms with Gasteiger partial charge in [0, 0.05) is 11.5 Å². The van der Waals surface area contributed by atoms with Crippen molar-refractivity contribution in [3.8, 4) is 0 Å². The van der Waals surface area contributed by atoms with Crippen LogP contribution in [-0.4, -0.2) is 35.1 Å².